The van der Waals surface area contributed by atoms with Gasteiger partial charge in [0.2, 0.25) is 0 Å². The molecule has 0 radical (unpaired) electrons. The Morgan fingerprint density at radius 1 is 1.52 bits per heavy atom. The molecular weight excluding hydrogens is 310 g/mol. The maximum absolute atomic E-state index is 11.3. The lowest BCUT2D eigenvalue weighted by Gasteiger charge is -2.09. The van der Waals surface area contributed by atoms with Crippen LogP contribution in [-0.4, -0.2) is 21.6 Å². The Bertz CT molecular complexity index is 834. The Labute approximate surface area is 130 Å². The number of halogens is 1. The molecule has 0 aliphatic rings. The first-order valence-corrected chi connectivity index (χ1v) is 7.75. The summed E-state index contributed by atoms with van der Waals surface area (Å²) in [6, 6.07) is 5.76. The summed E-state index contributed by atoms with van der Waals surface area (Å²) in [5.41, 5.74) is 2.55. The topological polar surface area (TPSA) is 59.9 Å². The monoisotopic (exact) mass is 323 g/mol. The van der Waals surface area contributed by atoms with E-state index < -0.39 is 0 Å². The van der Waals surface area contributed by atoms with Crippen LogP contribution in [0.15, 0.2) is 28.4 Å². The number of nitrogens with zero attached hydrogens (tertiary/aromatic N) is 2. The van der Waals surface area contributed by atoms with Gasteiger partial charge in [-0.05, 0) is 19.1 Å². The highest BCUT2D eigenvalue weighted by Crippen LogP contribution is 2.30. The van der Waals surface area contributed by atoms with Gasteiger partial charge in [-0.15, -0.1) is 11.6 Å². The van der Waals surface area contributed by atoms with Crippen LogP contribution < -0.4 is 9.61 Å². The summed E-state index contributed by atoms with van der Waals surface area (Å²) < 4.78 is 7.36. The number of ether oxygens (including phenoxy) is 1. The van der Waals surface area contributed by atoms with Gasteiger partial charge in [-0.25, -0.2) is 4.98 Å². The summed E-state index contributed by atoms with van der Waals surface area (Å²) in [5.74, 6) is 1.46. The van der Waals surface area contributed by atoms with E-state index in [1.54, 1.807) is 7.11 Å². The number of benzene rings is 1. The van der Waals surface area contributed by atoms with Crippen molar-refractivity contribution in [3.63, 3.8) is 0 Å². The zero-order valence-electron chi connectivity index (χ0n) is 11.6. The van der Waals surface area contributed by atoms with Crippen molar-refractivity contribution in [1.82, 2.24) is 14.5 Å². The average Bonchev–Trinajstić information content (AvgIpc) is 3.03. The molecule has 1 aromatic carbocycles. The Morgan fingerprint density at radius 3 is 2.95 bits per heavy atom. The van der Waals surface area contributed by atoms with Gasteiger partial charge in [0, 0.05) is 11.1 Å². The summed E-state index contributed by atoms with van der Waals surface area (Å²) in [5, 5.41) is 1.57. The highest BCUT2D eigenvalue weighted by Gasteiger charge is 2.18. The first-order valence-electron chi connectivity index (χ1n) is 6.44. The van der Waals surface area contributed by atoms with E-state index in [-0.39, 0.29) is 10.3 Å². The molecule has 5 nitrogen and oxygen atoms in total. The first-order chi connectivity index (χ1) is 10.1. The van der Waals surface area contributed by atoms with Crippen LogP contribution in [0.2, 0.25) is 0 Å². The molecule has 2 heterocycles. The minimum atomic E-state index is -0.243. The van der Waals surface area contributed by atoms with Gasteiger partial charge in [0.05, 0.1) is 24.5 Å². The number of alkyl halides is 1. The maximum atomic E-state index is 11.3. The van der Waals surface area contributed by atoms with Gasteiger partial charge in [-0.2, -0.15) is 0 Å². The third-order valence-electron chi connectivity index (χ3n) is 3.25. The van der Waals surface area contributed by atoms with E-state index in [4.69, 9.17) is 16.3 Å². The van der Waals surface area contributed by atoms with Crippen LogP contribution in [0, 0.1) is 0 Å². The van der Waals surface area contributed by atoms with Gasteiger partial charge in [0.25, 0.3) is 0 Å². The zero-order chi connectivity index (χ0) is 15.0. The lowest BCUT2D eigenvalue weighted by atomic mass is 10.3. The number of para-hydroxylation sites is 1. The number of rotatable bonds is 4. The minimum Gasteiger partial charge on any atom is -0.494 e. The van der Waals surface area contributed by atoms with Crippen LogP contribution >= 0.6 is 22.9 Å². The van der Waals surface area contributed by atoms with Gasteiger partial charge >= 0.3 is 4.87 Å². The molecule has 3 aromatic rings. The summed E-state index contributed by atoms with van der Waals surface area (Å²) in [6.45, 7) is 2.40. The van der Waals surface area contributed by atoms with Crippen LogP contribution in [-0.2, 0) is 6.54 Å². The number of fused-ring (bicyclic) bond motifs is 1. The van der Waals surface area contributed by atoms with Crippen molar-refractivity contribution >= 4 is 34.0 Å². The summed E-state index contributed by atoms with van der Waals surface area (Å²) in [6.07, 6.45) is 0. The van der Waals surface area contributed by atoms with Gasteiger partial charge in [0.15, 0.2) is 0 Å². The third-order valence-corrected chi connectivity index (χ3v) is 4.16. The predicted molar refractivity (Wildman–Crippen MR) is 84.6 cm³/mol. The number of hydrogen-bond acceptors (Lipinski definition) is 4. The molecule has 1 unspecified atom stereocenters. The molecule has 0 aliphatic carbocycles. The predicted octanol–water partition coefficient (Wildman–Crippen LogP) is 3.14. The molecule has 0 saturated heterocycles. The fourth-order valence-corrected chi connectivity index (χ4v) is 3.07. The smallest absolute Gasteiger partial charge is 0.304 e. The van der Waals surface area contributed by atoms with Crippen molar-refractivity contribution < 1.29 is 4.74 Å². The molecule has 3 rings (SSSR count). The Balaban J connectivity index is 2.18. The number of imidazole rings is 1. The van der Waals surface area contributed by atoms with Crippen LogP contribution in [0.1, 0.15) is 23.8 Å². The van der Waals surface area contributed by atoms with Gasteiger partial charge in [-0.3, -0.25) is 4.79 Å². The van der Waals surface area contributed by atoms with E-state index in [2.05, 4.69) is 9.97 Å². The second-order valence-corrected chi connectivity index (χ2v) is 6.17. The van der Waals surface area contributed by atoms with E-state index >= 15 is 0 Å². The Morgan fingerprint density at radius 2 is 2.33 bits per heavy atom. The summed E-state index contributed by atoms with van der Waals surface area (Å²) in [4.78, 5) is 18.6. The number of thiazole rings is 1. The highest BCUT2D eigenvalue weighted by atomic mass is 35.5. The molecule has 0 saturated carbocycles. The van der Waals surface area contributed by atoms with Crippen molar-refractivity contribution in [3.05, 3.63) is 44.8 Å². The largest absolute Gasteiger partial charge is 0.494 e. The molecule has 1 atom stereocenters. The third kappa shape index (κ3) is 2.56. The quantitative estimate of drug-likeness (QED) is 0.750. The Hall–Kier alpha value is -1.79. The number of methoxy groups -OCH3 is 1. The molecule has 2 aromatic heterocycles. The standard InChI is InChI=1S/C14H14ClN3O2S/c1-8(15)13-17-12-10(4-3-5-11(12)20-2)18(13)6-9-7-21-14(19)16-9/h3-5,7-8H,6H2,1-2H3,(H,16,19). The minimum absolute atomic E-state index is 0.0625. The van der Waals surface area contributed by atoms with Gasteiger partial charge in [-0.1, -0.05) is 17.4 Å². The highest BCUT2D eigenvalue weighted by molar-refractivity contribution is 7.07. The molecule has 7 heteroatoms. The van der Waals surface area contributed by atoms with E-state index in [0.29, 0.717) is 12.3 Å². The second kappa shape index (κ2) is 5.54. The molecule has 0 spiro atoms. The lowest BCUT2D eigenvalue weighted by Crippen LogP contribution is -2.07. The molecule has 110 valence electrons. The number of hydrogen-bond donors (Lipinski definition) is 1. The average molecular weight is 324 g/mol. The van der Waals surface area contributed by atoms with Crippen molar-refractivity contribution in [2.45, 2.75) is 18.8 Å². The van der Waals surface area contributed by atoms with Crippen molar-refractivity contribution in [2.75, 3.05) is 7.11 Å². The number of aromatic amines is 1. The maximum Gasteiger partial charge on any atom is 0.304 e. The fourth-order valence-electron chi connectivity index (χ4n) is 2.34. The first kappa shape index (κ1) is 14.2. The molecule has 0 bridgehead atoms. The molecular formula is C14H14ClN3O2S. The zero-order valence-corrected chi connectivity index (χ0v) is 13.2. The molecule has 21 heavy (non-hydrogen) atoms. The van der Waals surface area contributed by atoms with Crippen LogP contribution in [0.5, 0.6) is 5.75 Å². The van der Waals surface area contributed by atoms with E-state index in [9.17, 15) is 4.79 Å². The number of aromatic nitrogens is 3. The molecule has 0 amide bonds. The van der Waals surface area contributed by atoms with Crippen LogP contribution in [0.4, 0.5) is 0 Å². The van der Waals surface area contributed by atoms with Crippen LogP contribution in [0.25, 0.3) is 11.0 Å². The van der Waals surface area contributed by atoms with E-state index in [0.717, 1.165) is 33.9 Å². The van der Waals surface area contributed by atoms with Crippen molar-refractivity contribution in [1.29, 1.82) is 0 Å². The van der Waals surface area contributed by atoms with Crippen LogP contribution in [0.3, 0.4) is 0 Å². The van der Waals surface area contributed by atoms with Crippen molar-refractivity contribution in [3.8, 4) is 5.75 Å². The summed E-state index contributed by atoms with van der Waals surface area (Å²) in [7, 11) is 1.62. The normalized spacial score (nSPS) is 12.7. The van der Waals surface area contributed by atoms with E-state index in [1.807, 2.05) is 35.1 Å². The molecule has 1 N–H and O–H groups in total. The molecule has 0 aliphatic heterocycles. The summed E-state index contributed by atoms with van der Waals surface area (Å²) >= 11 is 7.40. The second-order valence-electron chi connectivity index (χ2n) is 4.67. The molecule has 0 fully saturated rings. The fraction of sp³-hybridized carbons (Fsp3) is 0.286. The van der Waals surface area contributed by atoms with Gasteiger partial charge < -0.3 is 14.3 Å². The lowest BCUT2D eigenvalue weighted by molar-refractivity contribution is 0.419. The van der Waals surface area contributed by atoms with E-state index in [1.165, 1.54) is 0 Å². The Kier molecular flexibility index (Phi) is 3.73. The number of nitrogens with one attached hydrogen (secondary N) is 1. The van der Waals surface area contributed by atoms with Crippen molar-refractivity contribution in [2.24, 2.45) is 0 Å². The SMILES string of the molecule is COc1cccc2c1nc(C(C)Cl)n2Cc1csc(=O)[nH]1. The number of H-pyrrole nitrogens is 1. The van der Waals surface area contributed by atoms with Gasteiger partial charge in [0.1, 0.15) is 17.1 Å².